The molecule has 0 aliphatic heterocycles. The van der Waals surface area contributed by atoms with Gasteiger partial charge in [-0.3, -0.25) is 4.79 Å². The molecule has 0 amide bonds. The molecular weight excluding hydrogens is 245 g/mol. The van der Waals surface area contributed by atoms with E-state index in [1.54, 1.807) is 12.1 Å². The van der Waals surface area contributed by atoms with Crippen LogP contribution in [0.4, 0.5) is 4.39 Å². The van der Waals surface area contributed by atoms with Crippen molar-refractivity contribution < 1.29 is 13.9 Å². The van der Waals surface area contributed by atoms with Crippen molar-refractivity contribution in [3.8, 4) is 11.8 Å². The van der Waals surface area contributed by atoms with Crippen molar-refractivity contribution in [1.82, 2.24) is 0 Å². The summed E-state index contributed by atoms with van der Waals surface area (Å²) in [6.45, 7) is 0. The second kappa shape index (κ2) is 5.40. The normalized spacial score (nSPS) is 22.9. The fourth-order valence-corrected chi connectivity index (χ4v) is 2.61. The van der Waals surface area contributed by atoms with Crippen molar-refractivity contribution >= 4 is 5.78 Å². The first-order valence-electron chi connectivity index (χ1n) is 6.39. The molecule has 1 unspecified atom stereocenters. The molecule has 1 atom stereocenters. The van der Waals surface area contributed by atoms with Crippen LogP contribution in [0.1, 0.15) is 31.2 Å². The van der Waals surface area contributed by atoms with E-state index < -0.39 is 11.2 Å². The Morgan fingerprint density at radius 1 is 1.47 bits per heavy atom. The van der Waals surface area contributed by atoms with Crippen LogP contribution < -0.4 is 4.74 Å². The Morgan fingerprint density at radius 3 is 2.89 bits per heavy atom. The van der Waals surface area contributed by atoms with Crippen molar-refractivity contribution in [2.75, 3.05) is 7.11 Å². The smallest absolute Gasteiger partial charge is 0.168 e. The molecule has 1 aromatic rings. The van der Waals surface area contributed by atoms with Gasteiger partial charge in [0.25, 0.3) is 0 Å². The van der Waals surface area contributed by atoms with Crippen LogP contribution in [0.2, 0.25) is 0 Å². The van der Waals surface area contributed by atoms with Gasteiger partial charge < -0.3 is 4.74 Å². The lowest BCUT2D eigenvalue weighted by Gasteiger charge is -2.29. The van der Waals surface area contributed by atoms with E-state index in [9.17, 15) is 14.4 Å². The second-order valence-corrected chi connectivity index (χ2v) is 4.93. The van der Waals surface area contributed by atoms with Crippen LogP contribution in [0.15, 0.2) is 18.2 Å². The van der Waals surface area contributed by atoms with Gasteiger partial charge in [-0.25, -0.2) is 4.39 Å². The van der Waals surface area contributed by atoms with Gasteiger partial charge in [-0.05, 0) is 24.5 Å². The van der Waals surface area contributed by atoms with Crippen molar-refractivity contribution in [1.29, 1.82) is 5.26 Å². The lowest BCUT2D eigenvalue weighted by Crippen LogP contribution is -2.35. The zero-order valence-electron chi connectivity index (χ0n) is 10.9. The molecule has 0 bridgehead atoms. The Labute approximate surface area is 112 Å². The van der Waals surface area contributed by atoms with Gasteiger partial charge in [0.05, 0.1) is 13.2 Å². The topological polar surface area (TPSA) is 50.1 Å². The van der Waals surface area contributed by atoms with Crippen molar-refractivity contribution in [3.63, 3.8) is 0 Å². The molecule has 0 spiro atoms. The summed E-state index contributed by atoms with van der Waals surface area (Å²) in [5.74, 6) is -0.393. The number of ether oxygens (including phenoxy) is 1. The van der Waals surface area contributed by atoms with Crippen LogP contribution in [0.3, 0.4) is 0 Å². The van der Waals surface area contributed by atoms with Crippen LogP contribution in [0.25, 0.3) is 0 Å². The van der Waals surface area contributed by atoms with Gasteiger partial charge in [0, 0.05) is 12.8 Å². The maximum atomic E-state index is 14.1. The van der Waals surface area contributed by atoms with E-state index in [4.69, 9.17) is 4.74 Å². The summed E-state index contributed by atoms with van der Waals surface area (Å²) in [6, 6.07) is 6.94. The molecule has 1 aromatic carbocycles. The fraction of sp³-hybridized carbons (Fsp3) is 0.467. The third kappa shape index (κ3) is 2.46. The SMILES string of the molecule is COc1cccc(CC2(C#N)CCCCC2=O)c1F. The predicted molar refractivity (Wildman–Crippen MR) is 68.2 cm³/mol. The number of carbonyl (C=O) groups is 1. The Morgan fingerprint density at radius 2 is 2.26 bits per heavy atom. The maximum Gasteiger partial charge on any atom is 0.168 e. The first kappa shape index (κ1) is 13.5. The molecule has 0 heterocycles. The summed E-state index contributed by atoms with van der Waals surface area (Å²) >= 11 is 0. The molecule has 1 aliphatic carbocycles. The van der Waals surface area contributed by atoms with Gasteiger partial charge >= 0.3 is 0 Å². The number of methoxy groups -OCH3 is 1. The zero-order chi connectivity index (χ0) is 13.9. The first-order valence-corrected chi connectivity index (χ1v) is 6.39. The lowest BCUT2D eigenvalue weighted by molar-refractivity contribution is -0.128. The number of halogens is 1. The molecule has 0 N–H and O–H groups in total. The highest BCUT2D eigenvalue weighted by Gasteiger charge is 2.40. The highest BCUT2D eigenvalue weighted by molar-refractivity contribution is 5.88. The fourth-order valence-electron chi connectivity index (χ4n) is 2.61. The summed E-state index contributed by atoms with van der Waals surface area (Å²) in [4.78, 5) is 12.0. The van der Waals surface area contributed by atoms with E-state index in [1.165, 1.54) is 13.2 Å². The third-order valence-corrected chi connectivity index (χ3v) is 3.76. The van der Waals surface area contributed by atoms with E-state index in [0.717, 1.165) is 12.8 Å². The molecule has 1 saturated carbocycles. The average molecular weight is 261 g/mol. The zero-order valence-corrected chi connectivity index (χ0v) is 10.9. The molecule has 1 fully saturated rings. The molecule has 3 nitrogen and oxygen atoms in total. The van der Waals surface area contributed by atoms with E-state index in [2.05, 4.69) is 6.07 Å². The standard InChI is InChI=1S/C15H16FNO2/c1-19-12-6-4-5-11(14(12)16)9-15(10-17)8-3-2-7-13(15)18/h4-6H,2-3,7-9H2,1H3. The molecular formula is C15H16FNO2. The second-order valence-electron chi connectivity index (χ2n) is 4.93. The van der Waals surface area contributed by atoms with E-state index in [-0.39, 0.29) is 18.0 Å². The van der Waals surface area contributed by atoms with Gasteiger partial charge in [0.2, 0.25) is 0 Å². The van der Waals surface area contributed by atoms with Gasteiger partial charge in [0.1, 0.15) is 5.41 Å². The Balaban J connectivity index is 2.34. The highest BCUT2D eigenvalue weighted by Crippen LogP contribution is 2.37. The van der Waals surface area contributed by atoms with Crippen LogP contribution in [-0.4, -0.2) is 12.9 Å². The van der Waals surface area contributed by atoms with Crippen LogP contribution >= 0.6 is 0 Å². The van der Waals surface area contributed by atoms with Crippen LogP contribution in [0, 0.1) is 22.6 Å². The number of rotatable bonds is 3. The summed E-state index contributed by atoms with van der Waals surface area (Å²) in [7, 11) is 1.40. The molecule has 1 aliphatic rings. The lowest BCUT2D eigenvalue weighted by atomic mass is 9.70. The third-order valence-electron chi connectivity index (χ3n) is 3.76. The summed E-state index contributed by atoms with van der Waals surface area (Å²) in [6.07, 6.45) is 2.72. The highest BCUT2D eigenvalue weighted by atomic mass is 19.1. The van der Waals surface area contributed by atoms with E-state index in [1.807, 2.05) is 0 Å². The molecule has 0 saturated heterocycles. The number of carbonyl (C=O) groups excluding carboxylic acids is 1. The van der Waals surface area contributed by atoms with Crippen LogP contribution in [-0.2, 0) is 11.2 Å². The Bertz CT molecular complexity index is 535. The molecule has 100 valence electrons. The summed E-state index contributed by atoms with van der Waals surface area (Å²) in [5.41, 5.74) is -0.693. The van der Waals surface area contributed by atoms with Gasteiger partial charge in [0.15, 0.2) is 17.3 Å². The Kier molecular flexibility index (Phi) is 3.84. The summed E-state index contributed by atoms with van der Waals surface area (Å²) < 4.78 is 19.0. The average Bonchev–Trinajstić information content (AvgIpc) is 2.44. The number of benzene rings is 1. The quantitative estimate of drug-likeness (QED) is 0.840. The minimum absolute atomic E-state index is 0.0662. The number of hydrogen-bond donors (Lipinski definition) is 0. The number of hydrogen-bond acceptors (Lipinski definition) is 3. The van der Waals surface area contributed by atoms with E-state index >= 15 is 0 Å². The molecule has 2 rings (SSSR count). The number of nitrogens with zero attached hydrogens (tertiary/aromatic N) is 1. The van der Waals surface area contributed by atoms with Crippen molar-refractivity contribution in [3.05, 3.63) is 29.6 Å². The molecule has 0 radical (unpaired) electrons. The van der Waals surface area contributed by atoms with Gasteiger partial charge in [-0.1, -0.05) is 18.6 Å². The van der Waals surface area contributed by atoms with E-state index in [0.29, 0.717) is 18.4 Å². The maximum absolute atomic E-state index is 14.1. The molecule has 0 aromatic heterocycles. The van der Waals surface area contributed by atoms with Crippen molar-refractivity contribution in [2.24, 2.45) is 5.41 Å². The molecule has 19 heavy (non-hydrogen) atoms. The first-order chi connectivity index (χ1) is 9.13. The van der Waals surface area contributed by atoms with Crippen LogP contribution in [0.5, 0.6) is 5.75 Å². The summed E-state index contributed by atoms with van der Waals surface area (Å²) in [5, 5.41) is 9.37. The van der Waals surface area contributed by atoms with Gasteiger partial charge in [-0.15, -0.1) is 0 Å². The predicted octanol–water partition coefficient (Wildman–Crippen LogP) is 3.03. The monoisotopic (exact) mass is 261 g/mol. The van der Waals surface area contributed by atoms with Crippen molar-refractivity contribution in [2.45, 2.75) is 32.1 Å². The minimum Gasteiger partial charge on any atom is -0.494 e. The Hall–Kier alpha value is -1.89. The van der Waals surface area contributed by atoms with Gasteiger partial charge in [-0.2, -0.15) is 5.26 Å². The number of Topliss-reactive ketones (excluding diaryl/α,β-unsaturated/α-hetero) is 1. The minimum atomic E-state index is -1.06. The largest absolute Gasteiger partial charge is 0.494 e. The number of nitriles is 1. The molecule has 4 heteroatoms. The number of ketones is 1.